The van der Waals surface area contributed by atoms with Crippen molar-refractivity contribution in [2.24, 2.45) is 11.8 Å². The molecular weight excluding hydrogens is 312 g/mol. The van der Waals surface area contributed by atoms with E-state index in [1.54, 1.807) is 0 Å². The highest BCUT2D eigenvalue weighted by molar-refractivity contribution is 5.53. The van der Waals surface area contributed by atoms with Crippen LogP contribution >= 0.6 is 0 Å². The Labute approximate surface area is 161 Å². The van der Waals surface area contributed by atoms with Crippen LogP contribution in [0.2, 0.25) is 0 Å². The van der Waals surface area contributed by atoms with Crippen LogP contribution in [-0.4, -0.2) is 0 Å². The van der Waals surface area contributed by atoms with E-state index >= 15 is 0 Å². The van der Waals surface area contributed by atoms with Gasteiger partial charge in [0.25, 0.3) is 0 Å². The monoisotopic (exact) mass is 348 g/mol. The van der Waals surface area contributed by atoms with Gasteiger partial charge >= 0.3 is 0 Å². The van der Waals surface area contributed by atoms with Crippen molar-refractivity contribution in [2.45, 2.75) is 78.1 Å². The first-order valence-corrected chi connectivity index (χ1v) is 10.7. The Morgan fingerprint density at radius 1 is 0.885 bits per heavy atom. The number of allylic oxidation sites excluding steroid dienone is 3. The first kappa shape index (κ1) is 20.6. The van der Waals surface area contributed by atoms with Crippen LogP contribution in [-0.2, 0) is 6.42 Å². The summed E-state index contributed by atoms with van der Waals surface area (Å²) in [6.45, 7) is 4.53. The van der Waals surface area contributed by atoms with Gasteiger partial charge in [-0.1, -0.05) is 81.7 Å². The topological polar surface area (TPSA) is 0 Å². The predicted molar refractivity (Wildman–Crippen MR) is 116 cm³/mol. The summed E-state index contributed by atoms with van der Waals surface area (Å²) in [6, 6.07) is 8.85. The smallest absolute Gasteiger partial charge is 0.0109 e. The third-order valence-corrected chi connectivity index (χ3v) is 5.55. The average Bonchev–Trinajstić information content (AvgIpc) is 2.69. The number of rotatable bonds is 8. The van der Waals surface area contributed by atoms with Crippen molar-refractivity contribution in [3.63, 3.8) is 0 Å². The van der Waals surface area contributed by atoms with Crippen molar-refractivity contribution in [1.82, 2.24) is 0 Å². The van der Waals surface area contributed by atoms with Crippen molar-refractivity contribution >= 4 is 6.08 Å². The molecule has 0 spiro atoms. The lowest BCUT2D eigenvalue weighted by atomic mass is 9.80. The Morgan fingerprint density at radius 3 is 2.27 bits per heavy atom. The quantitative estimate of drug-likeness (QED) is 0.424. The molecule has 0 aromatic heterocycles. The molecule has 0 unspecified atom stereocenters. The highest BCUT2D eigenvalue weighted by Crippen LogP contribution is 2.32. The molecule has 0 heteroatoms. The fourth-order valence-corrected chi connectivity index (χ4v) is 3.76. The molecule has 1 fully saturated rings. The second-order valence-electron chi connectivity index (χ2n) is 7.75. The second-order valence-corrected chi connectivity index (χ2v) is 7.75. The van der Waals surface area contributed by atoms with E-state index in [0.29, 0.717) is 0 Å². The van der Waals surface area contributed by atoms with E-state index in [9.17, 15) is 0 Å². The van der Waals surface area contributed by atoms with Crippen LogP contribution in [0.4, 0.5) is 0 Å². The maximum Gasteiger partial charge on any atom is -0.0109 e. The zero-order chi connectivity index (χ0) is 18.5. The minimum absolute atomic E-state index is 0.752. The van der Waals surface area contributed by atoms with Gasteiger partial charge in [0.2, 0.25) is 0 Å². The fraction of sp³-hybridized carbons (Fsp3) is 0.538. The van der Waals surface area contributed by atoms with Gasteiger partial charge < -0.3 is 0 Å². The maximum absolute atomic E-state index is 3.17. The van der Waals surface area contributed by atoms with Crippen LogP contribution in [0.5, 0.6) is 0 Å². The van der Waals surface area contributed by atoms with Crippen LogP contribution in [0.3, 0.4) is 0 Å². The molecule has 0 saturated heterocycles. The summed E-state index contributed by atoms with van der Waals surface area (Å²) in [4.78, 5) is 0. The van der Waals surface area contributed by atoms with Gasteiger partial charge in [-0.2, -0.15) is 0 Å². The third kappa shape index (κ3) is 8.09. The van der Waals surface area contributed by atoms with Gasteiger partial charge in [-0.05, 0) is 79.7 Å². The molecule has 1 saturated carbocycles. The molecule has 140 valence electrons. The van der Waals surface area contributed by atoms with Crippen molar-refractivity contribution in [2.75, 3.05) is 0 Å². The molecule has 0 N–H and O–H groups in total. The lowest BCUT2D eigenvalue weighted by molar-refractivity contribution is 0.291. The van der Waals surface area contributed by atoms with E-state index in [1.165, 1.54) is 75.3 Å². The second kappa shape index (κ2) is 12.6. The zero-order valence-electron chi connectivity index (χ0n) is 16.8. The molecule has 26 heavy (non-hydrogen) atoms. The van der Waals surface area contributed by atoms with E-state index in [0.717, 1.165) is 11.8 Å². The SMILES string of the molecule is CCCCc1ccc(/C=C/C#C/C=C/C2CCC(CCCC)CC2)cc1. The molecule has 1 aromatic rings. The molecule has 1 aromatic carbocycles. The number of hydrogen-bond donors (Lipinski definition) is 0. The molecule has 0 nitrogen and oxygen atoms in total. The van der Waals surface area contributed by atoms with Gasteiger partial charge in [0.1, 0.15) is 0 Å². The first-order chi connectivity index (χ1) is 12.8. The first-order valence-electron chi connectivity index (χ1n) is 10.7. The van der Waals surface area contributed by atoms with E-state index in [-0.39, 0.29) is 0 Å². The molecule has 0 atom stereocenters. The van der Waals surface area contributed by atoms with Gasteiger partial charge in [-0.25, -0.2) is 0 Å². The van der Waals surface area contributed by atoms with E-state index in [2.05, 4.69) is 68.2 Å². The van der Waals surface area contributed by atoms with Crippen molar-refractivity contribution < 1.29 is 0 Å². The van der Waals surface area contributed by atoms with E-state index in [4.69, 9.17) is 0 Å². The Hall–Kier alpha value is -1.74. The molecule has 0 aliphatic heterocycles. The molecule has 0 radical (unpaired) electrons. The summed E-state index contributed by atoms with van der Waals surface area (Å²) in [7, 11) is 0. The van der Waals surface area contributed by atoms with Gasteiger partial charge in [-0.3, -0.25) is 0 Å². The summed E-state index contributed by atoms with van der Waals surface area (Å²) in [6.07, 6.45) is 21.9. The maximum atomic E-state index is 3.17. The molecule has 1 aliphatic rings. The van der Waals surface area contributed by atoms with Gasteiger partial charge in [0.05, 0.1) is 0 Å². The summed E-state index contributed by atoms with van der Waals surface area (Å²) in [5.41, 5.74) is 2.66. The predicted octanol–water partition coefficient (Wildman–Crippen LogP) is 7.60. The van der Waals surface area contributed by atoms with E-state index in [1.807, 2.05) is 6.08 Å². The standard InChI is InChI=1S/C26H36/c1-3-5-11-23-15-19-25(20-16-23)13-9-7-8-10-14-26-21-17-24(18-22-26)12-6-4-2/h9-10,13-16,19-20,24,26H,3-6,11-12,17-18,21-22H2,1-2H3/b13-9+,14-10+. The largest absolute Gasteiger partial charge is 0.0730 e. The van der Waals surface area contributed by atoms with Gasteiger partial charge in [0, 0.05) is 0 Å². The Balaban J connectivity index is 1.69. The third-order valence-electron chi connectivity index (χ3n) is 5.55. The normalized spacial score (nSPS) is 20.4. The molecule has 1 aliphatic carbocycles. The lowest BCUT2D eigenvalue weighted by Crippen LogP contribution is -2.12. The Bertz CT molecular complexity index is 598. The average molecular weight is 349 g/mol. The molecular formula is C26H36. The summed E-state index contributed by atoms with van der Waals surface area (Å²) in [5, 5.41) is 0. The molecule has 2 rings (SSSR count). The highest BCUT2D eigenvalue weighted by atomic mass is 14.2. The summed E-state index contributed by atoms with van der Waals surface area (Å²) < 4.78 is 0. The highest BCUT2D eigenvalue weighted by Gasteiger charge is 2.18. The van der Waals surface area contributed by atoms with Crippen LogP contribution < -0.4 is 0 Å². The number of unbranched alkanes of at least 4 members (excludes halogenated alkanes) is 2. The number of aryl methyl sites for hydroxylation is 1. The molecule has 0 bridgehead atoms. The van der Waals surface area contributed by atoms with Crippen molar-refractivity contribution in [3.8, 4) is 11.8 Å². The van der Waals surface area contributed by atoms with Crippen molar-refractivity contribution in [1.29, 1.82) is 0 Å². The van der Waals surface area contributed by atoms with Gasteiger partial charge in [-0.15, -0.1) is 0 Å². The molecule has 0 amide bonds. The Kier molecular flexibility index (Phi) is 9.96. The summed E-state index contributed by atoms with van der Waals surface area (Å²) in [5.74, 6) is 8.05. The van der Waals surface area contributed by atoms with Crippen molar-refractivity contribution in [3.05, 3.63) is 53.6 Å². The van der Waals surface area contributed by atoms with Crippen LogP contribution in [0, 0.1) is 23.7 Å². The minimum Gasteiger partial charge on any atom is -0.0730 e. The minimum atomic E-state index is 0.752. The fourth-order valence-electron chi connectivity index (χ4n) is 3.76. The summed E-state index contributed by atoms with van der Waals surface area (Å²) >= 11 is 0. The van der Waals surface area contributed by atoms with Crippen LogP contribution in [0.25, 0.3) is 6.08 Å². The lowest BCUT2D eigenvalue weighted by Gasteiger charge is -2.26. The zero-order valence-corrected chi connectivity index (χ0v) is 16.8. The van der Waals surface area contributed by atoms with E-state index < -0.39 is 0 Å². The van der Waals surface area contributed by atoms with Crippen LogP contribution in [0.15, 0.2) is 42.5 Å². The molecule has 0 heterocycles. The Morgan fingerprint density at radius 2 is 1.58 bits per heavy atom. The number of hydrogen-bond acceptors (Lipinski definition) is 0. The van der Waals surface area contributed by atoms with Crippen LogP contribution in [0.1, 0.15) is 82.8 Å². The van der Waals surface area contributed by atoms with Gasteiger partial charge in [0.15, 0.2) is 0 Å². The number of benzene rings is 1.